The molecule has 0 spiro atoms. The minimum absolute atomic E-state index is 0.121. The number of hydrogen-bond donors (Lipinski definition) is 3. The number of halogens is 5. The van der Waals surface area contributed by atoms with Crippen LogP contribution in [0.1, 0.15) is 30.3 Å². The van der Waals surface area contributed by atoms with Crippen molar-refractivity contribution >= 4 is 29.1 Å². The molecule has 1 aromatic carbocycles. The highest BCUT2D eigenvalue weighted by molar-refractivity contribution is 6.32. The van der Waals surface area contributed by atoms with Gasteiger partial charge in [-0.1, -0.05) is 23.2 Å². The van der Waals surface area contributed by atoms with Crippen molar-refractivity contribution in [3.8, 4) is 17.1 Å². The number of carbonyl (C=O) groups excluding carboxylic acids is 1. The van der Waals surface area contributed by atoms with Crippen LogP contribution in [0.3, 0.4) is 0 Å². The van der Waals surface area contributed by atoms with E-state index < -0.39 is 42.6 Å². The lowest BCUT2D eigenvalue weighted by Crippen LogP contribution is -2.39. The van der Waals surface area contributed by atoms with Gasteiger partial charge in [-0.15, -0.1) is 10.2 Å². The summed E-state index contributed by atoms with van der Waals surface area (Å²) in [6, 6.07) is 7.28. The fourth-order valence-corrected chi connectivity index (χ4v) is 3.88. The number of benzene rings is 1. The zero-order valence-electron chi connectivity index (χ0n) is 21.5. The van der Waals surface area contributed by atoms with Gasteiger partial charge in [0.2, 0.25) is 5.82 Å². The number of aromatic nitrogens is 7. The highest BCUT2D eigenvalue weighted by atomic mass is 35.5. The van der Waals surface area contributed by atoms with Crippen LogP contribution in [0.2, 0.25) is 10.0 Å². The van der Waals surface area contributed by atoms with Gasteiger partial charge in [0.1, 0.15) is 12.2 Å². The summed E-state index contributed by atoms with van der Waals surface area (Å²) < 4.78 is 42.0. The molecular weight excluding hydrogens is 592 g/mol. The van der Waals surface area contributed by atoms with Crippen molar-refractivity contribution in [2.24, 2.45) is 0 Å². The molecule has 0 aliphatic rings. The van der Waals surface area contributed by atoms with Gasteiger partial charge in [-0.05, 0) is 44.2 Å². The van der Waals surface area contributed by atoms with Crippen LogP contribution in [0.5, 0.6) is 0 Å². The first-order valence-corrected chi connectivity index (χ1v) is 12.6. The van der Waals surface area contributed by atoms with E-state index in [9.17, 15) is 33.0 Å². The van der Waals surface area contributed by atoms with E-state index in [0.717, 1.165) is 9.36 Å². The number of nitrogens with one attached hydrogen (secondary N) is 1. The van der Waals surface area contributed by atoms with Crippen molar-refractivity contribution in [2.75, 3.05) is 6.54 Å². The zero-order valence-corrected chi connectivity index (χ0v) is 23.0. The van der Waals surface area contributed by atoms with Crippen molar-refractivity contribution < 1.29 is 28.2 Å². The van der Waals surface area contributed by atoms with Crippen LogP contribution in [0.4, 0.5) is 13.2 Å². The quantitative estimate of drug-likeness (QED) is 0.260. The van der Waals surface area contributed by atoms with Gasteiger partial charge in [0, 0.05) is 23.3 Å². The van der Waals surface area contributed by atoms with Crippen molar-refractivity contribution in [1.82, 2.24) is 39.4 Å². The average molecular weight is 615 g/mol. The number of carbonyl (C=O) groups is 1. The first-order valence-electron chi connectivity index (χ1n) is 11.9. The van der Waals surface area contributed by atoms with Crippen molar-refractivity contribution in [3.05, 3.63) is 74.9 Å². The van der Waals surface area contributed by atoms with Gasteiger partial charge in [0.05, 0.1) is 23.4 Å². The molecule has 1 atom stereocenters. The normalized spacial score (nSPS) is 12.9. The Morgan fingerprint density at radius 1 is 1.12 bits per heavy atom. The summed E-state index contributed by atoms with van der Waals surface area (Å²) in [5.41, 5.74) is -1.81. The minimum atomic E-state index is -4.99. The lowest BCUT2D eigenvalue weighted by atomic mass is 10.1. The molecule has 3 heterocycles. The molecule has 0 saturated heterocycles. The molecule has 41 heavy (non-hydrogen) atoms. The van der Waals surface area contributed by atoms with E-state index in [0.29, 0.717) is 9.59 Å². The van der Waals surface area contributed by atoms with Crippen molar-refractivity contribution in [2.45, 2.75) is 44.8 Å². The van der Waals surface area contributed by atoms with Crippen LogP contribution >= 0.6 is 23.2 Å². The van der Waals surface area contributed by atoms with Crippen molar-refractivity contribution in [1.29, 1.82) is 0 Å². The van der Waals surface area contributed by atoms with Crippen LogP contribution in [0.15, 0.2) is 47.5 Å². The predicted octanol–water partition coefficient (Wildman–Crippen LogP) is 2.47. The van der Waals surface area contributed by atoms with Crippen LogP contribution in [0.25, 0.3) is 17.1 Å². The summed E-state index contributed by atoms with van der Waals surface area (Å²) in [6.07, 6.45) is -5.10. The van der Waals surface area contributed by atoms with E-state index >= 15 is 0 Å². The van der Waals surface area contributed by atoms with Gasteiger partial charge in [-0.3, -0.25) is 14.3 Å². The Labute approximate surface area is 240 Å². The molecule has 17 heteroatoms. The second-order valence-corrected chi connectivity index (χ2v) is 10.4. The van der Waals surface area contributed by atoms with E-state index in [2.05, 4.69) is 25.5 Å². The highest BCUT2D eigenvalue weighted by Crippen LogP contribution is 2.24. The maximum Gasteiger partial charge on any atom is 0.416 e. The topological polar surface area (TPSA) is 153 Å². The molecule has 218 valence electrons. The lowest BCUT2D eigenvalue weighted by Gasteiger charge is -2.17. The monoisotopic (exact) mass is 614 g/mol. The van der Waals surface area contributed by atoms with E-state index in [-0.39, 0.29) is 40.3 Å². The molecule has 1 unspecified atom stereocenters. The Kier molecular flexibility index (Phi) is 8.54. The minimum Gasteiger partial charge on any atom is -0.389 e. The predicted molar refractivity (Wildman–Crippen MR) is 141 cm³/mol. The summed E-state index contributed by atoms with van der Waals surface area (Å²) in [5.74, 6) is -1.30. The number of rotatable bonds is 9. The molecule has 0 fully saturated rings. The molecule has 0 radical (unpaired) electrons. The third-order valence-corrected chi connectivity index (χ3v) is 6.13. The Bertz CT molecular complexity index is 1610. The number of alkyl halides is 3. The number of amides is 1. The number of pyridine rings is 1. The first-order chi connectivity index (χ1) is 19.1. The van der Waals surface area contributed by atoms with E-state index in [1.807, 2.05) is 0 Å². The third kappa shape index (κ3) is 7.11. The van der Waals surface area contributed by atoms with Crippen LogP contribution < -0.4 is 11.0 Å². The summed E-state index contributed by atoms with van der Waals surface area (Å²) in [4.78, 5) is 34.4. The largest absolute Gasteiger partial charge is 0.416 e. The average Bonchev–Trinajstić information content (AvgIpc) is 3.44. The van der Waals surface area contributed by atoms with Gasteiger partial charge in [-0.2, -0.15) is 13.2 Å². The summed E-state index contributed by atoms with van der Waals surface area (Å²) >= 11 is 12.2. The molecule has 0 saturated carbocycles. The maximum absolute atomic E-state index is 13.2. The lowest BCUT2D eigenvalue weighted by molar-refractivity contribution is -0.207. The zero-order chi connectivity index (χ0) is 30.1. The van der Waals surface area contributed by atoms with Crippen LogP contribution in [0, 0.1) is 0 Å². The van der Waals surface area contributed by atoms with Crippen LogP contribution in [-0.4, -0.2) is 74.6 Å². The van der Waals surface area contributed by atoms with E-state index in [1.54, 1.807) is 0 Å². The third-order valence-electron chi connectivity index (χ3n) is 5.56. The second kappa shape index (κ2) is 11.6. The molecule has 1 amide bonds. The molecule has 0 bridgehead atoms. The number of aliphatic hydroxyl groups excluding tert-OH is 1. The SMILES string of the molecule is CC(C)(O)CNC(=O)c1nc(Cn2nc(-c3ccc(Cl)cc3)n(CC(O)C(F)(F)F)c2=O)nn1-c1cnccc1Cl. The Morgan fingerprint density at radius 2 is 1.80 bits per heavy atom. The summed E-state index contributed by atoms with van der Waals surface area (Å²) in [7, 11) is 0. The highest BCUT2D eigenvalue weighted by Gasteiger charge is 2.39. The smallest absolute Gasteiger partial charge is 0.389 e. The molecule has 4 rings (SSSR count). The Hall–Kier alpha value is -3.79. The van der Waals surface area contributed by atoms with Gasteiger partial charge in [0.25, 0.3) is 5.91 Å². The molecule has 4 aromatic rings. The fraction of sp³-hybridized carbons (Fsp3) is 0.333. The Balaban J connectivity index is 1.77. The molecule has 0 aliphatic carbocycles. The van der Waals surface area contributed by atoms with Crippen molar-refractivity contribution in [3.63, 3.8) is 0 Å². The van der Waals surface area contributed by atoms with E-state index in [4.69, 9.17) is 23.2 Å². The van der Waals surface area contributed by atoms with Crippen LogP contribution in [-0.2, 0) is 13.1 Å². The molecule has 3 N–H and O–H groups in total. The fourth-order valence-electron chi connectivity index (χ4n) is 3.57. The first kappa shape index (κ1) is 30.2. The molecule has 12 nitrogen and oxygen atoms in total. The summed E-state index contributed by atoms with van der Waals surface area (Å²) in [5, 5.41) is 31.1. The molecular formula is C24H23Cl2F3N8O4. The van der Waals surface area contributed by atoms with Gasteiger partial charge in [-0.25, -0.2) is 19.1 Å². The Morgan fingerprint density at radius 3 is 2.41 bits per heavy atom. The number of nitrogens with zero attached hydrogens (tertiary/aromatic N) is 7. The maximum atomic E-state index is 13.2. The second-order valence-electron chi connectivity index (χ2n) is 9.52. The molecule has 3 aromatic heterocycles. The standard InChI is InChI=1S/C24H23Cl2F3N8O4/c1-23(2,41)12-31-21(39)20-32-18(33-37(20)16-9-30-8-7-15(16)26)11-36-22(40)35(10-17(38)24(27,28)29)19(34-36)13-3-5-14(25)6-4-13/h3-9,17,38,41H,10-12H2,1-2H3,(H,31,39). The summed E-state index contributed by atoms with van der Waals surface area (Å²) in [6.45, 7) is 1.24. The number of hydrogen-bond acceptors (Lipinski definition) is 8. The number of aliphatic hydroxyl groups is 2. The molecule has 0 aliphatic heterocycles. The van der Waals surface area contributed by atoms with Gasteiger partial charge >= 0.3 is 11.9 Å². The van der Waals surface area contributed by atoms with E-state index in [1.165, 1.54) is 56.6 Å². The van der Waals surface area contributed by atoms with Gasteiger partial charge < -0.3 is 15.5 Å². The van der Waals surface area contributed by atoms with Gasteiger partial charge in [0.15, 0.2) is 17.8 Å².